The first kappa shape index (κ1) is 15.4. The van der Waals surface area contributed by atoms with Gasteiger partial charge >= 0.3 is 6.03 Å². The summed E-state index contributed by atoms with van der Waals surface area (Å²) in [6.45, 7) is 0.408. The zero-order valence-electron chi connectivity index (χ0n) is 11.0. The Morgan fingerprint density at radius 2 is 1.95 bits per heavy atom. The van der Waals surface area contributed by atoms with Gasteiger partial charge in [0.15, 0.2) is 0 Å². The van der Waals surface area contributed by atoms with Crippen LogP contribution in [0.3, 0.4) is 0 Å². The van der Waals surface area contributed by atoms with Crippen LogP contribution in [0.15, 0.2) is 46.9 Å². The van der Waals surface area contributed by atoms with Gasteiger partial charge in [0.1, 0.15) is 11.6 Å². The van der Waals surface area contributed by atoms with Crippen LogP contribution in [0.25, 0.3) is 0 Å². The molecule has 2 rings (SSSR count). The molecule has 0 aromatic heterocycles. The van der Waals surface area contributed by atoms with Crippen LogP contribution in [-0.4, -0.2) is 12.6 Å². The number of anilines is 1. The molecular weight excluding hydrogens is 342 g/mol. The van der Waals surface area contributed by atoms with E-state index in [9.17, 15) is 13.6 Å². The molecule has 0 unspecified atom stereocenters. The first-order chi connectivity index (χ1) is 10.0. The molecular formula is C15H13BrF2N2O. The first-order valence-electron chi connectivity index (χ1n) is 6.29. The van der Waals surface area contributed by atoms with E-state index < -0.39 is 17.7 Å². The number of hydrogen-bond donors (Lipinski definition) is 2. The van der Waals surface area contributed by atoms with Crippen molar-refractivity contribution in [1.82, 2.24) is 5.32 Å². The highest BCUT2D eigenvalue weighted by Gasteiger charge is 2.07. The number of benzene rings is 2. The minimum Gasteiger partial charge on any atom is -0.338 e. The molecule has 0 fully saturated rings. The van der Waals surface area contributed by atoms with Crippen LogP contribution in [0, 0.1) is 11.6 Å². The number of carbonyl (C=O) groups is 1. The first-order valence-corrected chi connectivity index (χ1v) is 7.08. The zero-order valence-corrected chi connectivity index (χ0v) is 12.6. The fraction of sp³-hybridized carbons (Fsp3) is 0.133. The van der Waals surface area contributed by atoms with Crippen molar-refractivity contribution < 1.29 is 13.6 Å². The molecule has 0 spiro atoms. The van der Waals surface area contributed by atoms with Crippen molar-refractivity contribution >= 4 is 27.6 Å². The van der Waals surface area contributed by atoms with E-state index in [0.29, 0.717) is 13.0 Å². The highest BCUT2D eigenvalue weighted by atomic mass is 79.9. The van der Waals surface area contributed by atoms with Crippen molar-refractivity contribution in [3.05, 3.63) is 64.1 Å². The van der Waals surface area contributed by atoms with Crippen LogP contribution in [-0.2, 0) is 6.42 Å². The number of rotatable bonds is 4. The van der Waals surface area contributed by atoms with Crippen LogP contribution in [0.1, 0.15) is 5.56 Å². The Labute approximate surface area is 129 Å². The second kappa shape index (κ2) is 7.17. The SMILES string of the molecule is O=C(NCCc1cccc(Br)c1)Nc1ccc(F)cc1F. The summed E-state index contributed by atoms with van der Waals surface area (Å²) < 4.78 is 27.1. The van der Waals surface area contributed by atoms with E-state index in [2.05, 4.69) is 26.6 Å². The summed E-state index contributed by atoms with van der Waals surface area (Å²) >= 11 is 3.37. The van der Waals surface area contributed by atoms with Gasteiger partial charge in [-0.15, -0.1) is 0 Å². The van der Waals surface area contributed by atoms with Gasteiger partial charge in [0, 0.05) is 17.1 Å². The van der Waals surface area contributed by atoms with Crippen molar-refractivity contribution in [2.45, 2.75) is 6.42 Å². The topological polar surface area (TPSA) is 41.1 Å². The fourth-order valence-electron chi connectivity index (χ4n) is 1.77. The second-order valence-electron chi connectivity index (χ2n) is 4.38. The molecule has 0 bridgehead atoms. The number of halogens is 3. The van der Waals surface area contributed by atoms with Crippen LogP contribution in [0.5, 0.6) is 0 Å². The van der Waals surface area contributed by atoms with E-state index in [4.69, 9.17) is 0 Å². The lowest BCUT2D eigenvalue weighted by molar-refractivity contribution is 0.252. The fourth-order valence-corrected chi connectivity index (χ4v) is 2.22. The van der Waals surface area contributed by atoms with Gasteiger partial charge in [-0.2, -0.15) is 0 Å². The number of nitrogens with one attached hydrogen (secondary N) is 2. The maximum Gasteiger partial charge on any atom is 0.319 e. The molecule has 2 aromatic rings. The largest absolute Gasteiger partial charge is 0.338 e. The Bertz CT molecular complexity index is 649. The third-order valence-corrected chi connectivity index (χ3v) is 3.26. The predicted molar refractivity (Wildman–Crippen MR) is 81.2 cm³/mol. The standard InChI is InChI=1S/C15H13BrF2N2O/c16-11-3-1-2-10(8-11)6-7-19-15(21)20-14-5-4-12(17)9-13(14)18/h1-5,8-9H,6-7H2,(H2,19,20,21). The van der Waals surface area contributed by atoms with Crippen LogP contribution < -0.4 is 10.6 Å². The van der Waals surface area contributed by atoms with Crippen LogP contribution in [0.4, 0.5) is 19.3 Å². The molecule has 0 aliphatic heterocycles. The summed E-state index contributed by atoms with van der Waals surface area (Å²) in [5.74, 6) is -1.50. The van der Waals surface area contributed by atoms with Gasteiger partial charge in [0.25, 0.3) is 0 Å². The quantitative estimate of drug-likeness (QED) is 0.852. The van der Waals surface area contributed by atoms with Crippen molar-refractivity contribution in [2.24, 2.45) is 0 Å². The highest BCUT2D eigenvalue weighted by Crippen LogP contribution is 2.14. The summed E-state index contributed by atoms with van der Waals surface area (Å²) in [6.07, 6.45) is 0.652. The van der Waals surface area contributed by atoms with Crippen LogP contribution >= 0.6 is 15.9 Å². The number of carbonyl (C=O) groups excluding carboxylic acids is 1. The van der Waals surface area contributed by atoms with Gasteiger partial charge in [0.2, 0.25) is 0 Å². The Kier molecular flexibility index (Phi) is 5.27. The maximum atomic E-state index is 13.4. The molecule has 0 atom stereocenters. The summed E-state index contributed by atoms with van der Waals surface area (Å²) in [4.78, 5) is 11.6. The Morgan fingerprint density at radius 1 is 1.14 bits per heavy atom. The Hall–Kier alpha value is -1.95. The molecule has 0 saturated carbocycles. The summed E-state index contributed by atoms with van der Waals surface area (Å²) in [6, 6.07) is 10.2. The lowest BCUT2D eigenvalue weighted by Crippen LogP contribution is -2.30. The van der Waals surface area contributed by atoms with E-state index in [0.717, 1.165) is 22.2 Å². The average molecular weight is 355 g/mol. The van der Waals surface area contributed by atoms with E-state index in [1.807, 2.05) is 24.3 Å². The molecule has 0 saturated heterocycles. The summed E-state index contributed by atoms with van der Waals surface area (Å²) in [7, 11) is 0. The number of hydrogen-bond acceptors (Lipinski definition) is 1. The minimum absolute atomic E-state index is 0.0589. The number of amides is 2. The van der Waals surface area contributed by atoms with Gasteiger partial charge in [0.05, 0.1) is 5.69 Å². The lowest BCUT2D eigenvalue weighted by atomic mass is 10.1. The van der Waals surface area contributed by atoms with Gasteiger partial charge in [-0.1, -0.05) is 28.1 Å². The van der Waals surface area contributed by atoms with Gasteiger partial charge in [-0.05, 0) is 36.2 Å². The Morgan fingerprint density at radius 3 is 2.67 bits per heavy atom. The van der Waals surface area contributed by atoms with Crippen LogP contribution in [0.2, 0.25) is 0 Å². The van der Waals surface area contributed by atoms with Gasteiger partial charge in [-0.25, -0.2) is 13.6 Å². The summed E-state index contributed by atoms with van der Waals surface area (Å²) in [5.41, 5.74) is 1.01. The molecule has 0 aliphatic carbocycles. The smallest absolute Gasteiger partial charge is 0.319 e. The lowest BCUT2D eigenvalue weighted by Gasteiger charge is -2.08. The highest BCUT2D eigenvalue weighted by molar-refractivity contribution is 9.10. The van der Waals surface area contributed by atoms with Crippen molar-refractivity contribution in [2.75, 3.05) is 11.9 Å². The second-order valence-corrected chi connectivity index (χ2v) is 5.30. The predicted octanol–water partition coefficient (Wildman–Crippen LogP) is 4.09. The molecule has 2 N–H and O–H groups in total. The normalized spacial score (nSPS) is 10.2. The van der Waals surface area contributed by atoms with Crippen molar-refractivity contribution in [3.63, 3.8) is 0 Å². The molecule has 2 aromatic carbocycles. The van der Waals surface area contributed by atoms with Gasteiger partial charge < -0.3 is 10.6 Å². The van der Waals surface area contributed by atoms with Crippen molar-refractivity contribution in [3.8, 4) is 0 Å². The number of urea groups is 1. The van der Waals surface area contributed by atoms with E-state index in [1.54, 1.807) is 0 Å². The van der Waals surface area contributed by atoms with E-state index in [-0.39, 0.29) is 5.69 Å². The Balaban J connectivity index is 1.82. The molecule has 3 nitrogen and oxygen atoms in total. The molecule has 0 heterocycles. The molecule has 110 valence electrons. The summed E-state index contributed by atoms with van der Waals surface area (Å²) in [5, 5.41) is 4.95. The molecule has 2 amide bonds. The van der Waals surface area contributed by atoms with Crippen molar-refractivity contribution in [1.29, 1.82) is 0 Å². The van der Waals surface area contributed by atoms with E-state index in [1.165, 1.54) is 6.07 Å². The third kappa shape index (κ3) is 4.82. The molecule has 0 radical (unpaired) electrons. The average Bonchev–Trinajstić information content (AvgIpc) is 2.42. The van der Waals surface area contributed by atoms with Gasteiger partial charge in [-0.3, -0.25) is 0 Å². The minimum atomic E-state index is -0.808. The molecule has 6 heteroatoms. The monoisotopic (exact) mass is 354 g/mol. The third-order valence-electron chi connectivity index (χ3n) is 2.77. The molecule has 0 aliphatic rings. The molecule has 21 heavy (non-hydrogen) atoms. The maximum absolute atomic E-state index is 13.4. The zero-order chi connectivity index (χ0) is 15.2. The van der Waals surface area contributed by atoms with E-state index >= 15 is 0 Å².